The minimum absolute atomic E-state index is 0.618. The van der Waals surface area contributed by atoms with Crippen LogP contribution in [0.25, 0.3) is 10.9 Å². The van der Waals surface area contributed by atoms with Crippen molar-refractivity contribution in [3.63, 3.8) is 0 Å². The molecule has 1 atom stereocenters. The van der Waals surface area contributed by atoms with E-state index >= 15 is 0 Å². The van der Waals surface area contributed by atoms with Crippen LogP contribution >= 0.6 is 11.6 Å². The molecular formula is C16H22ClN3. The van der Waals surface area contributed by atoms with Crippen molar-refractivity contribution in [3.05, 3.63) is 29.4 Å². The predicted molar refractivity (Wildman–Crippen MR) is 84.2 cm³/mol. The molecule has 0 N–H and O–H groups in total. The van der Waals surface area contributed by atoms with E-state index in [0.29, 0.717) is 5.15 Å². The van der Waals surface area contributed by atoms with Gasteiger partial charge >= 0.3 is 0 Å². The maximum atomic E-state index is 6.19. The summed E-state index contributed by atoms with van der Waals surface area (Å²) in [7, 11) is 0. The molecule has 20 heavy (non-hydrogen) atoms. The van der Waals surface area contributed by atoms with Crippen LogP contribution in [-0.2, 0) is 6.54 Å². The van der Waals surface area contributed by atoms with Gasteiger partial charge in [-0.15, -0.1) is 0 Å². The van der Waals surface area contributed by atoms with Gasteiger partial charge in [0.2, 0.25) is 0 Å². The molecule has 1 saturated heterocycles. The standard InChI is InChI=1S/C16H22ClN3/c1-13-7-4-5-10-19(13)11-6-12-20-15-9-3-2-8-14(15)16(17)18-20/h2-3,8-9,13H,4-7,10-12H2,1H3. The van der Waals surface area contributed by atoms with E-state index in [-0.39, 0.29) is 0 Å². The van der Waals surface area contributed by atoms with E-state index in [1.54, 1.807) is 0 Å². The first-order valence-electron chi connectivity index (χ1n) is 7.61. The highest BCUT2D eigenvalue weighted by Crippen LogP contribution is 2.23. The summed E-state index contributed by atoms with van der Waals surface area (Å²) < 4.78 is 2.05. The molecule has 0 bridgehead atoms. The number of hydrogen-bond acceptors (Lipinski definition) is 2. The van der Waals surface area contributed by atoms with Gasteiger partial charge in [0.1, 0.15) is 0 Å². The number of aryl methyl sites for hydroxylation is 1. The molecule has 1 aliphatic heterocycles. The van der Waals surface area contributed by atoms with Crippen molar-refractivity contribution >= 4 is 22.5 Å². The van der Waals surface area contributed by atoms with Crippen LogP contribution in [-0.4, -0.2) is 33.8 Å². The third kappa shape index (κ3) is 2.84. The average Bonchev–Trinajstić information content (AvgIpc) is 2.78. The average molecular weight is 292 g/mol. The molecule has 0 radical (unpaired) electrons. The van der Waals surface area contributed by atoms with Gasteiger partial charge in [0, 0.05) is 24.5 Å². The predicted octanol–water partition coefficient (Wildman–Crippen LogP) is 3.95. The van der Waals surface area contributed by atoms with Crippen LogP contribution in [0.2, 0.25) is 5.15 Å². The molecule has 1 unspecified atom stereocenters. The smallest absolute Gasteiger partial charge is 0.158 e. The van der Waals surface area contributed by atoms with Crippen LogP contribution in [0.3, 0.4) is 0 Å². The van der Waals surface area contributed by atoms with Crippen LogP contribution in [0.15, 0.2) is 24.3 Å². The van der Waals surface area contributed by atoms with E-state index < -0.39 is 0 Å². The topological polar surface area (TPSA) is 21.1 Å². The maximum absolute atomic E-state index is 6.19. The SMILES string of the molecule is CC1CCCCN1CCCn1nc(Cl)c2ccccc21. The van der Waals surface area contributed by atoms with E-state index in [2.05, 4.69) is 23.0 Å². The van der Waals surface area contributed by atoms with Crippen molar-refractivity contribution in [2.75, 3.05) is 13.1 Å². The Morgan fingerprint density at radius 3 is 2.95 bits per heavy atom. The molecule has 2 heterocycles. The second-order valence-electron chi connectivity index (χ2n) is 5.77. The van der Waals surface area contributed by atoms with E-state index in [1.807, 2.05) is 22.9 Å². The van der Waals surface area contributed by atoms with Crippen LogP contribution in [0.5, 0.6) is 0 Å². The number of benzene rings is 1. The zero-order valence-corrected chi connectivity index (χ0v) is 12.8. The fraction of sp³-hybridized carbons (Fsp3) is 0.562. The molecule has 4 heteroatoms. The summed E-state index contributed by atoms with van der Waals surface area (Å²) in [5, 5.41) is 6.13. The Kier molecular flexibility index (Phi) is 4.27. The highest BCUT2D eigenvalue weighted by atomic mass is 35.5. The summed E-state index contributed by atoms with van der Waals surface area (Å²) >= 11 is 6.19. The number of para-hydroxylation sites is 1. The molecule has 0 aliphatic carbocycles. The van der Waals surface area contributed by atoms with E-state index in [4.69, 9.17) is 11.6 Å². The molecule has 1 aromatic carbocycles. The summed E-state index contributed by atoms with van der Waals surface area (Å²) in [6.07, 6.45) is 5.21. The molecule has 2 aromatic rings. The number of halogens is 1. The van der Waals surface area contributed by atoms with Gasteiger partial charge in [0.05, 0.1) is 5.52 Å². The van der Waals surface area contributed by atoms with Crippen molar-refractivity contribution in [2.45, 2.75) is 45.2 Å². The number of aromatic nitrogens is 2. The van der Waals surface area contributed by atoms with Crippen molar-refractivity contribution in [2.24, 2.45) is 0 Å². The van der Waals surface area contributed by atoms with Gasteiger partial charge < -0.3 is 4.90 Å². The Hall–Kier alpha value is -1.06. The number of hydrogen-bond donors (Lipinski definition) is 0. The Bertz CT molecular complexity index is 578. The number of fused-ring (bicyclic) bond motifs is 1. The van der Waals surface area contributed by atoms with Gasteiger partial charge in [-0.1, -0.05) is 30.2 Å². The number of piperidine rings is 1. The lowest BCUT2D eigenvalue weighted by Crippen LogP contribution is -2.38. The lowest BCUT2D eigenvalue weighted by molar-refractivity contribution is 0.156. The first kappa shape index (κ1) is 13.9. The summed E-state index contributed by atoms with van der Waals surface area (Å²) in [6, 6.07) is 8.92. The molecular weight excluding hydrogens is 270 g/mol. The Balaban J connectivity index is 1.62. The number of likely N-dealkylation sites (tertiary alicyclic amines) is 1. The quantitative estimate of drug-likeness (QED) is 0.850. The highest BCUT2D eigenvalue weighted by Gasteiger charge is 2.17. The van der Waals surface area contributed by atoms with E-state index in [9.17, 15) is 0 Å². The molecule has 1 aromatic heterocycles. The zero-order valence-electron chi connectivity index (χ0n) is 12.1. The molecule has 1 aliphatic rings. The second-order valence-corrected chi connectivity index (χ2v) is 6.12. The fourth-order valence-corrected chi connectivity index (χ4v) is 3.42. The van der Waals surface area contributed by atoms with Gasteiger partial charge in [0.25, 0.3) is 0 Å². The van der Waals surface area contributed by atoms with Crippen LogP contribution < -0.4 is 0 Å². The monoisotopic (exact) mass is 291 g/mol. The number of nitrogens with zero attached hydrogens (tertiary/aromatic N) is 3. The molecule has 108 valence electrons. The first-order valence-corrected chi connectivity index (χ1v) is 7.98. The summed E-state index contributed by atoms with van der Waals surface area (Å²) in [4.78, 5) is 2.61. The van der Waals surface area contributed by atoms with Crippen LogP contribution in [0, 0.1) is 0 Å². The van der Waals surface area contributed by atoms with Gasteiger partial charge in [-0.25, -0.2) is 0 Å². The lowest BCUT2D eigenvalue weighted by atomic mass is 10.0. The van der Waals surface area contributed by atoms with Gasteiger partial charge in [0.15, 0.2) is 5.15 Å². The molecule has 0 spiro atoms. The summed E-state index contributed by atoms with van der Waals surface area (Å²) in [5.74, 6) is 0. The lowest BCUT2D eigenvalue weighted by Gasteiger charge is -2.33. The summed E-state index contributed by atoms with van der Waals surface area (Å²) in [5.41, 5.74) is 1.14. The van der Waals surface area contributed by atoms with Gasteiger partial charge in [-0.3, -0.25) is 4.68 Å². The summed E-state index contributed by atoms with van der Waals surface area (Å²) in [6.45, 7) is 5.70. The largest absolute Gasteiger partial charge is 0.301 e. The van der Waals surface area contributed by atoms with E-state index in [0.717, 1.165) is 36.5 Å². The first-order chi connectivity index (χ1) is 9.75. The van der Waals surface area contributed by atoms with Crippen molar-refractivity contribution in [1.82, 2.24) is 14.7 Å². The van der Waals surface area contributed by atoms with Crippen molar-refractivity contribution in [1.29, 1.82) is 0 Å². The molecule has 3 nitrogen and oxygen atoms in total. The van der Waals surface area contributed by atoms with Gasteiger partial charge in [-0.2, -0.15) is 5.10 Å². The minimum atomic E-state index is 0.618. The number of rotatable bonds is 4. The normalized spacial score (nSPS) is 20.6. The zero-order chi connectivity index (χ0) is 13.9. The van der Waals surface area contributed by atoms with Crippen molar-refractivity contribution in [3.8, 4) is 0 Å². The second kappa shape index (κ2) is 6.15. The molecule has 1 fully saturated rings. The third-order valence-electron chi connectivity index (χ3n) is 4.37. The molecule has 0 amide bonds. The Labute approximate surface area is 125 Å². The third-order valence-corrected chi connectivity index (χ3v) is 4.65. The van der Waals surface area contributed by atoms with Gasteiger partial charge in [-0.05, 0) is 44.9 Å². The highest BCUT2D eigenvalue weighted by molar-refractivity contribution is 6.34. The Morgan fingerprint density at radius 1 is 1.25 bits per heavy atom. The van der Waals surface area contributed by atoms with Crippen LogP contribution in [0.4, 0.5) is 0 Å². The molecule has 0 saturated carbocycles. The minimum Gasteiger partial charge on any atom is -0.301 e. The van der Waals surface area contributed by atoms with E-state index in [1.165, 1.54) is 25.8 Å². The molecule has 3 rings (SSSR count). The fourth-order valence-electron chi connectivity index (χ4n) is 3.17. The van der Waals surface area contributed by atoms with Crippen molar-refractivity contribution < 1.29 is 0 Å². The Morgan fingerprint density at radius 2 is 2.10 bits per heavy atom. The maximum Gasteiger partial charge on any atom is 0.158 e. The van der Waals surface area contributed by atoms with Crippen LogP contribution in [0.1, 0.15) is 32.6 Å².